The van der Waals surface area contributed by atoms with Gasteiger partial charge in [0, 0.05) is 6.54 Å². The summed E-state index contributed by atoms with van der Waals surface area (Å²) in [5.41, 5.74) is 2.70. The molecule has 1 fully saturated rings. The summed E-state index contributed by atoms with van der Waals surface area (Å²) in [6.45, 7) is 0.976. The SMILES string of the molecule is NNCCCCCCC1CCCC1. The van der Waals surface area contributed by atoms with Crippen LogP contribution in [0.15, 0.2) is 0 Å². The van der Waals surface area contributed by atoms with Crippen molar-refractivity contribution in [1.82, 2.24) is 5.43 Å². The summed E-state index contributed by atoms with van der Waals surface area (Å²) in [6, 6.07) is 0. The minimum absolute atomic E-state index is 0.976. The van der Waals surface area contributed by atoms with E-state index < -0.39 is 0 Å². The van der Waals surface area contributed by atoms with Crippen LogP contribution in [0.1, 0.15) is 57.8 Å². The molecule has 0 aromatic carbocycles. The molecule has 0 bridgehead atoms. The van der Waals surface area contributed by atoms with Crippen LogP contribution in [0.5, 0.6) is 0 Å². The minimum atomic E-state index is 0.976. The van der Waals surface area contributed by atoms with Gasteiger partial charge in [0.1, 0.15) is 0 Å². The molecule has 0 saturated heterocycles. The van der Waals surface area contributed by atoms with Crippen LogP contribution in [0.3, 0.4) is 0 Å². The monoisotopic (exact) mass is 184 g/mol. The van der Waals surface area contributed by atoms with Crippen LogP contribution in [0, 0.1) is 5.92 Å². The van der Waals surface area contributed by atoms with Crippen molar-refractivity contribution in [2.24, 2.45) is 11.8 Å². The third kappa shape index (κ3) is 5.27. The second-order valence-corrected chi connectivity index (χ2v) is 4.31. The molecule has 78 valence electrons. The van der Waals surface area contributed by atoms with Crippen LogP contribution in [-0.2, 0) is 0 Å². The topological polar surface area (TPSA) is 38.0 Å². The second-order valence-electron chi connectivity index (χ2n) is 4.31. The van der Waals surface area contributed by atoms with Crippen molar-refractivity contribution in [3.63, 3.8) is 0 Å². The predicted molar refractivity (Wildman–Crippen MR) is 57.2 cm³/mol. The molecule has 2 nitrogen and oxygen atoms in total. The lowest BCUT2D eigenvalue weighted by atomic mass is 9.99. The molecule has 1 aliphatic rings. The first-order valence-electron chi connectivity index (χ1n) is 5.87. The fourth-order valence-corrected chi connectivity index (χ4v) is 2.31. The summed E-state index contributed by atoms with van der Waals surface area (Å²) in [5.74, 6) is 6.27. The molecule has 0 radical (unpaired) electrons. The number of unbranched alkanes of at least 4 members (excludes halogenated alkanes) is 3. The lowest BCUT2D eigenvalue weighted by molar-refractivity contribution is 0.462. The van der Waals surface area contributed by atoms with Gasteiger partial charge >= 0.3 is 0 Å². The zero-order valence-electron chi connectivity index (χ0n) is 8.73. The molecule has 0 spiro atoms. The smallest absolute Gasteiger partial charge is 0.00974 e. The highest BCUT2D eigenvalue weighted by molar-refractivity contribution is 4.66. The van der Waals surface area contributed by atoms with Gasteiger partial charge in [-0.2, -0.15) is 0 Å². The van der Waals surface area contributed by atoms with Crippen LogP contribution in [0.25, 0.3) is 0 Å². The molecule has 0 unspecified atom stereocenters. The van der Waals surface area contributed by atoms with Crippen LogP contribution >= 0.6 is 0 Å². The number of hydrogen-bond donors (Lipinski definition) is 2. The van der Waals surface area contributed by atoms with Gasteiger partial charge < -0.3 is 0 Å². The van der Waals surface area contributed by atoms with Crippen molar-refractivity contribution >= 4 is 0 Å². The maximum Gasteiger partial charge on any atom is 0.00974 e. The predicted octanol–water partition coefficient (Wildman–Crippen LogP) is 2.59. The maximum atomic E-state index is 5.19. The first-order chi connectivity index (χ1) is 6.43. The summed E-state index contributed by atoms with van der Waals surface area (Å²) in [5, 5.41) is 0. The summed E-state index contributed by atoms with van der Waals surface area (Å²) >= 11 is 0. The first kappa shape index (κ1) is 11.0. The fraction of sp³-hybridized carbons (Fsp3) is 1.00. The molecule has 2 heteroatoms. The van der Waals surface area contributed by atoms with E-state index >= 15 is 0 Å². The molecule has 0 amide bonds. The van der Waals surface area contributed by atoms with Crippen molar-refractivity contribution in [1.29, 1.82) is 0 Å². The molecule has 0 heterocycles. The van der Waals surface area contributed by atoms with Gasteiger partial charge in [0.15, 0.2) is 0 Å². The van der Waals surface area contributed by atoms with Gasteiger partial charge in [0.2, 0.25) is 0 Å². The molecule has 1 aliphatic carbocycles. The number of hydrazine groups is 1. The Morgan fingerprint density at radius 1 is 1.00 bits per heavy atom. The van der Waals surface area contributed by atoms with Crippen molar-refractivity contribution < 1.29 is 0 Å². The normalized spacial score (nSPS) is 18.2. The Labute approximate surface area is 82.2 Å². The van der Waals surface area contributed by atoms with Crippen LogP contribution < -0.4 is 11.3 Å². The van der Waals surface area contributed by atoms with E-state index in [1.165, 1.54) is 57.8 Å². The molecule has 0 aromatic heterocycles. The summed E-state index contributed by atoms with van der Waals surface area (Å²) < 4.78 is 0. The number of hydrogen-bond acceptors (Lipinski definition) is 2. The van der Waals surface area contributed by atoms with Crippen LogP contribution in [0.4, 0.5) is 0 Å². The summed E-state index contributed by atoms with van der Waals surface area (Å²) in [4.78, 5) is 0. The van der Waals surface area contributed by atoms with Crippen molar-refractivity contribution in [2.75, 3.05) is 6.54 Å². The van der Waals surface area contributed by atoms with Crippen molar-refractivity contribution in [3.8, 4) is 0 Å². The van der Waals surface area contributed by atoms with E-state index in [0.29, 0.717) is 0 Å². The van der Waals surface area contributed by atoms with E-state index in [1.54, 1.807) is 0 Å². The molecule has 3 N–H and O–H groups in total. The third-order valence-corrected chi connectivity index (χ3v) is 3.16. The Bertz CT molecular complexity index is 109. The molecule has 0 atom stereocenters. The highest BCUT2D eigenvalue weighted by Gasteiger charge is 2.13. The molecule has 0 aliphatic heterocycles. The fourth-order valence-electron chi connectivity index (χ4n) is 2.31. The zero-order chi connectivity index (χ0) is 9.36. The van der Waals surface area contributed by atoms with Crippen LogP contribution in [0.2, 0.25) is 0 Å². The average Bonchev–Trinajstić information content (AvgIpc) is 2.63. The average molecular weight is 184 g/mol. The van der Waals surface area contributed by atoms with Crippen molar-refractivity contribution in [2.45, 2.75) is 57.8 Å². The van der Waals surface area contributed by atoms with Gasteiger partial charge in [-0.15, -0.1) is 0 Å². The standard InChI is InChI=1S/C11H24N2/c12-13-10-6-2-1-3-7-11-8-4-5-9-11/h11,13H,1-10,12H2. The van der Waals surface area contributed by atoms with Crippen molar-refractivity contribution in [3.05, 3.63) is 0 Å². The molecular weight excluding hydrogens is 160 g/mol. The Morgan fingerprint density at radius 2 is 1.69 bits per heavy atom. The Balaban J connectivity index is 1.78. The van der Waals surface area contributed by atoms with Gasteiger partial charge in [-0.25, -0.2) is 0 Å². The van der Waals surface area contributed by atoms with Crippen LogP contribution in [-0.4, -0.2) is 6.54 Å². The molecular formula is C11H24N2. The van der Waals surface area contributed by atoms with E-state index in [1.807, 2.05) is 0 Å². The quantitative estimate of drug-likeness (QED) is 0.362. The summed E-state index contributed by atoms with van der Waals surface area (Å²) in [7, 11) is 0. The van der Waals surface area contributed by atoms with E-state index in [9.17, 15) is 0 Å². The largest absolute Gasteiger partial charge is 0.271 e. The Kier molecular flexibility index (Phi) is 6.21. The molecule has 0 aromatic rings. The first-order valence-corrected chi connectivity index (χ1v) is 5.87. The van der Waals surface area contributed by atoms with E-state index in [0.717, 1.165) is 12.5 Å². The summed E-state index contributed by atoms with van der Waals surface area (Å²) in [6.07, 6.45) is 12.9. The Hall–Kier alpha value is -0.0800. The number of nitrogens with two attached hydrogens (primary N) is 1. The second kappa shape index (κ2) is 7.34. The Morgan fingerprint density at radius 3 is 2.38 bits per heavy atom. The molecule has 13 heavy (non-hydrogen) atoms. The van der Waals surface area contributed by atoms with Gasteiger partial charge in [0.05, 0.1) is 0 Å². The molecule has 1 rings (SSSR count). The van der Waals surface area contributed by atoms with E-state index in [4.69, 9.17) is 5.84 Å². The minimum Gasteiger partial charge on any atom is -0.271 e. The van der Waals surface area contributed by atoms with Gasteiger partial charge in [-0.05, 0) is 12.3 Å². The van der Waals surface area contributed by atoms with E-state index in [-0.39, 0.29) is 0 Å². The molecule has 1 saturated carbocycles. The number of rotatable bonds is 7. The highest BCUT2D eigenvalue weighted by Crippen LogP contribution is 2.29. The highest BCUT2D eigenvalue weighted by atomic mass is 15.2. The van der Waals surface area contributed by atoms with Gasteiger partial charge in [0.25, 0.3) is 0 Å². The number of nitrogens with one attached hydrogen (secondary N) is 1. The third-order valence-electron chi connectivity index (χ3n) is 3.16. The zero-order valence-corrected chi connectivity index (χ0v) is 8.73. The van der Waals surface area contributed by atoms with E-state index in [2.05, 4.69) is 5.43 Å². The maximum absolute atomic E-state index is 5.19. The van der Waals surface area contributed by atoms with Gasteiger partial charge in [-0.1, -0.05) is 51.4 Å². The van der Waals surface area contributed by atoms with Gasteiger partial charge in [-0.3, -0.25) is 11.3 Å². The lowest BCUT2D eigenvalue weighted by Gasteiger charge is -2.07. The lowest BCUT2D eigenvalue weighted by Crippen LogP contribution is -2.22.